The van der Waals surface area contributed by atoms with Gasteiger partial charge in [0, 0.05) is 25.2 Å². The van der Waals surface area contributed by atoms with Gasteiger partial charge in [-0.25, -0.2) is 17.2 Å². The molecule has 0 aliphatic heterocycles. The fraction of sp³-hybridized carbons (Fsp3) is 0.500. The zero-order chi connectivity index (χ0) is 26.9. The Balaban J connectivity index is 2.21. The van der Waals surface area contributed by atoms with Crippen LogP contribution >= 0.6 is 0 Å². The Morgan fingerprint density at radius 2 is 1.67 bits per heavy atom. The molecule has 0 aromatic heterocycles. The van der Waals surface area contributed by atoms with Gasteiger partial charge < -0.3 is 21.5 Å². The highest BCUT2D eigenvalue weighted by Crippen LogP contribution is 2.15. The second-order valence-corrected chi connectivity index (χ2v) is 11.4. The van der Waals surface area contributed by atoms with Gasteiger partial charge in [-0.2, -0.15) is 0 Å². The van der Waals surface area contributed by atoms with E-state index in [1.807, 2.05) is 38.1 Å². The summed E-state index contributed by atoms with van der Waals surface area (Å²) >= 11 is 0. The highest BCUT2D eigenvalue weighted by molar-refractivity contribution is 7.91. The van der Waals surface area contributed by atoms with E-state index in [-0.39, 0.29) is 30.8 Å². The van der Waals surface area contributed by atoms with Crippen LogP contribution in [0.25, 0.3) is 0 Å². The first-order chi connectivity index (χ1) is 16.9. The van der Waals surface area contributed by atoms with Gasteiger partial charge in [0.25, 0.3) is 0 Å². The van der Waals surface area contributed by atoms with E-state index in [1.54, 1.807) is 0 Å². The first-order valence-corrected chi connectivity index (χ1v) is 14.0. The SMILES string of the molecule is CCCCS(=O)(=O)C[C@H](N)C(=O)N(Cc1cccc(CC)c1)C[C@@H](O)[C@@H](N)Cc1cc(F)cc(F)c1. The number of unbranched alkanes of at least 4 members (excludes halogenated alkanes) is 1. The van der Waals surface area contributed by atoms with Crippen LogP contribution in [0.5, 0.6) is 0 Å². The molecule has 5 N–H and O–H groups in total. The number of sulfone groups is 1. The first-order valence-electron chi connectivity index (χ1n) is 12.1. The molecule has 0 unspecified atom stereocenters. The molecule has 0 bridgehead atoms. The summed E-state index contributed by atoms with van der Waals surface area (Å²) in [5.74, 6) is -2.69. The van der Waals surface area contributed by atoms with E-state index in [4.69, 9.17) is 11.5 Å². The van der Waals surface area contributed by atoms with Crippen molar-refractivity contribution < 1.29 is 27.1 Å². The van der Waals surface area contributed by atoms with Gasteiger partial charge in [-0.3, -0.25) is 4.79 Å². The molecule has 0 fully saturated rings. The van der Waals surface area contributed by atoms with Crippen molar-refractivity contribution in [3.63, 3.8) is 0 Å². The third-order valence-electron chi connectivity index (χ3n) is 5.94. The minimum atomic E-state index is -3.53. The van der Waals surface area contributed by atoms with Crippen molar-refractivity contribution in [2.45, 2.75) is 64.3 Å². The Morgan fingerprint density at radius 1 is 1.03 bits per heavy atom. The lowest BCUT2D eigenvalue weighted by molar-refractivity contribution is -0.134. The normalized spacial score (nSPS) is 14.3. The van der Waals surface area contributed by atoms with Gasteiger partial charge in [0.15, 0.2) is 9.84 Å². The molecule has 2 rings (SSSR count). The maximum absolute atomic E-state index is 13.5. The van der Waals surface area contributed by atoms with Crippen molar-refractivity contribution in [2.75, 3.05) is 18.1 Å². The lowest BCUT2D eigenvalue weighted by atomic mass is 10.0. The molecule has 10 heteroatoms. The van der Waals surface area contributed by atoms with E-state index in [1.165, 1.54) is 4.90 Å². The number of halogens is 2. The molecule has 36 heavy (non-hydrogen) atoms. The predicted molar refractivity (Wildman–Crippen MR) is 137 cm³/mol. The second-order valence-electron chi connectivity index (χ2n) is 9.18. The number of rotatable bonds is 14. The average molecular weight is 526 g/mol. The molecule has 0 spiro atoms. The molecule has 0 aliphatic rings. The van der Waals surface area contributed by atoms with Crippen LogP contribution in [-0.2, 0) is 34.0 Å². The summed E-state index contributed by atoms with van der Waals surface area (Å²) in [4.78, 5) is 14.5. The van der Waals surface area contributed by atoms with Gasteiger partial charge in [0.05, 0.1) is 23.7 Å². The molecule has 0 aliphatic carbocycles. The van der Waals surface area contributed by atoms with Crippen molar-refractivity contribution in [3.8, 4) is 0 Å². The molecule has 2 aromatic carbocycles. The number of hydrogen-bond acceptors (Lipinski definition) is 6. The molecule has 0 radical (unpaired) electrons. The molecule has 200 valence electrons. The van der Waals surface area contributed by atoms with Crippen LogP contribution in [0, 0.1) is 11.6 Å². The Labute approximate surface area is 212 Å². The molecule has 7 nitrogen and oxygen atoms in total. The maximum Gasteiger partial charge on any atom is 0.240 e. The van der Waals surface area contributed by atoms with Crippen molar-refractivity contribution in [3.05, 3.63) is 70.8 Å². The summed E-state index contributed by atoms with van der Waals surface area (Å²) in [6.07, 6.45) is 0.681. The van der Waals surface area contributed by atoms with Crippen LogP contribution in [0.2, 0.25) is 0 Å². The molecular formula is C26H37F2N3O4S. The summed E-state index contributed by atoms with van der Waals surface area (Å²) in [5.41, 5.74) is 14.2. The van der Waals surface area contributed by atoms with Crippen molar-refractivity contribution in [1.29, 1.82) is 0 Å². The lowest BCUT2D eigenvalue weighted by Crippen LogP contribution is -2.52. The Kier molecular flexibility index (Phi) is 11.4. The van der Waals surface area contributed by atoms with Crippen LogP contribution in [0.4, 0.5) is 8.78 Å². The molecule has 0 saturated heterocycles. The molecule has 0 saturated carbocycles. The van der Waals surface area contributed by atoms with Crippen molar-refractivity contribution in [2.24, 2.45) is 11.5 Å². The highest BCUT2D eigenvalue weighted by atomic mass is 32.2. The van der Waals surface area contributed by atoms with Gasteiger partial charge in [-0.15, -0.1) is 0 Å². The lowest BCUT2D eigenvalue weighted by Gasteiger charge is -2.30. The van der Waals surface area contributed by atoms with Crippen LogP contribution in [0.1, 0.15) is 43.4 Å². The zero-order valence-corrected chi connectivity index (χ0v) is 21.7. The maximum atomic E-state index is 13.5. The third kappa shape index (κ3) is 9.57. The predicted octanol–water partition coefficient (Wildman–Crippen LogP) is 2.33. The number of hydrogen-bond donors (Lipinski definition) is 3. The fourth-order valence-corrected chi connectivity index (χ4v) is 5.51. The van der Waals surface area contributed by atoms with E-state index in [0.29, 0.717) is 12.8 Å². The van der Waals surface area contributed by atoms with Crippen LogP contribution < -0.4 is 11.5 Å². The molecule has 1 amide bonds. The van der Waals surface area contributed by atoms with E-state index in [9.17, 15) is 27.1 Å². The van der Waals surface area contributed by atoms with Crippen molar-refractivity contribution >= 4 is 15.7 Å². The first kappa shape index (κ1) is 29.8. The monoisotopic (exact) mass is 525 g/mol. The quantitative estimate of drug-likeness (QED) is 0.348. The summed E-state index contributed by atoms with van der Waals surface area (Å²) in [6, 6.07) is 8.31. The molecule has 0 heterocycles. The van der Waals surface area contributed by atoms with Crippen LogP contribution in [0.3, 0.4) is 0 Å². The number of benzene rings is 2. The topological polar surface area (TPSA) is 127 Å². The van der Waals surface area contributed by atoms with Crippen molar-refractivity contribution in [1.82, 2.24) is 4.90 Å². The number of aryl methyl sites for hydroxylation is 1. The average Bonchev–Trinajstić information content (AvgIpc) is 2.81. The molecular weight excluding hydrogens is 488 g/mol. The number of aliphatic hydroxyl groups is 1. The molecule has 3 atom stereocenters. The van der Waals surface area contributed by atoms with E-state index in [2.05, 4.69) is 0 Å². The van der Waals surface area contributed by atoms with Gasteiger partial charge in [0.2, 0.25) is 5.91 Å². The van der Waals surface area contributed by atoms with E-state index >= 15 is 0 Å². The summed E-state index contributed by atoms with van der Waals surface area (Å²) in [5, 5.41) is 10.8. The minimum Gasteiger partial charge on any atom is -0.390 e. The summed E-state index contributed by atoms with van der Waals surface area (Å²) in [6.45, 7) is 3.73. The number of amides is 1. The van der Waals surface area contributed by atoms with Crippen LogP contribution in [0.15, 0.2) is 42.5 Å². The Morgan fingerprint density at radius 3 is 2.28 bits per heavy atom. The Bertz CT molecular complexity index is 1090. The van der Waals surface area contributed by atoms with E-state index in [0.717, 1.165) is 35.7 Å². The fourth-order valence-electron chi connectivity index (χ4n) is 3.93. The Hall–Kier alpha value is -2.40. The van der Waals surface area contributed by atoms with Gasteiger partial charge in [-0.05, 0) is 48.1 Å². The summed E-state index contributed by atoms with van der Waals surface area (Å²) in [7, 11) is -3.53. The number of carbonyl (C=O) groups is 1. The van der Waals surface area contributed by atoms with Gasteiger partial charge >= 0.3 is 0 Å². The zero-order valence-electron chi connectivity index (χ0n) is 20.9. The highest BCUT2D eigenvalue weighted by Gasteiger charge is 2.29. The summed E-state index contributed by atoms with van der Waals surface area (Å²) < 4.78 is 51.8. The third-order valence-corrected chi connectivity index (χ3v) is 7.72. The molecule has 2 aromatic rings. The minimum absolute atomic E-state index is 0.0271. The standard InChI is InChI=1S/C26H37F2N3O4S/c1-3-5-9-36(34,35)17-24(30)26(33)31(15-19-8-6-7-18(4-2)10-19)16-25(32)23(29)13-20-11-21(27)14-22(28)12-20/h6-8,10-12,14,23-25,32H,3-5,9,13,15-17,29-30H2,1-2H3/t23-,24-,25+/m0/s1. The largest absolute Gasteiger partial charge is 0.390 e. The second kappa shape index (κ2) is 13.8. The number of nitrogens with two attached hydrogens (primary N) is 2. The number of carbonyl (C=O) groups excluding carboxylic acids is 1. The van der Waals surface area contributed by atoms with Crippen LogP contribution in [-0.4, -0.2) is 60.6 Å². The smallest absolute Gasteiger partial charge is 0.240 e. The van der Waals surface area contributed by atoms with Gasteiger partial charge in [-0.1, -0.05) is 44.5 Å². The van der Waals surface area contributed by atoms with E-state index < -0.39 is 51.3 Å². The number of aliphatic hydroxyl groups excluding tert-OH is 1. The van der Waals surface area contributed by atoms with Gasteiger partial charge in [0.1, 0.15) is 11.6 Å². The number of nitrogens with zero attached hydrogens (tertiary/aromatic N) is 1.